The van der Waals surface area contributed by atoms with Crippen molar-refractivity contribution in [3.8, 4) is 0 Å². The quantitative estimate of drug-likeness (QED) is 0.590. The van der Waals surface area contributed by atoms with Crippen LogP contribution in [0.15, 0.2) is 0 Å². The average Bonchev–Trinajstić information content (AvgIpc) is 3.11. The number of aliphatic carboxylic acids is 1. The van der Waals surface area contributed by atoms with Gasteiger partial charge in [-0.2, -0.15) is 0 Å². The van der Waals surface area contributed by atoms with E-state index in [1.165, 1.54) is 12.8 Å². The maximum Gasteiger partial charge on any atom is 0.326 e. The van der Waals surface area contributed by atoms with Gasteiger partial charge in [-0.3, -0.25) is 4.79 Å². The molecular weight excluding hydrogens is 218 g/mol. The van der Waals surface area contributed by atoms with Gasteiger partial charge in [0.15, 0.2) is 0 Å². The van der Waals surface area contributed by atoms with E-state index in [-0.39, 0.29) is 12.0 Å². The Morgan fingerprint density at radius 1 is 1.12 bits per heavy atom. The van der Waals surface area contributed by atoms with E-state index in [4.69, 9.17) is 0 Å². The maximum absolute atomic E-state index is 11.4. The fourth-order valence-electron chi connectivity index (χ4n) is 2.95. The van der Waals surface area contributed by atoms with Crippen molar-refractivity contribution in [3.63, 3.8) is 0 Å². The molecule has 0 radical (unpaired) electrons. The van der Waals surface area contributed by atoms with Gasteiger partial charge in [0.05, 0.1) is 0 Å². The van der Waals surface area contributed by atoms with Crippen molar-refractivity contribution >= 4 is 12.4 Å². The molecule has 0 bridgehead atoms. The average molecular weight is 239 g/mol. The number of nitrogens with zero attached hydrogens (tertiary/aromatic N) is 1. The lowest BCUT2D eigenvalue weighted by Crippen LogP contribution is -2.46. The fraction of sp³-hybridized carbons (Fsp3) is 0.846. The van der Waals surface area contributed by atoms with E-state index in [2.05, 4.69) is 0 Å². The SMILES string of the molecule is O=CN(C1CC1)C(C(=O)O)C1CCCCCC1. The van der Waals surface area contributed by atoms with E-state index in [1.807, 2.05) is 0 Å². The highest BCUT2D eigenvalue weighted by molar-refractivity contribution is 5.77. The van der Waals surface area contributed by atoms with E-state index >= 15 is 0 Å². The van der Waals surface area contributed by atoms with Crippen molar-refractivity contribution < 1.29 is 14.7 Å². The number of carbonyl (C=O) groups is 2. The molecule has 0 heterocycles. The fourth-order valence-corrected chi connectivity index (χ4v) is 2.95. The Bertz CT molecular complexity index is 280. The van der Waals surface area contributed by atoms with Gasteiger partial charge in [0.2, 0.25) is 6.41 Å². The number of carbonyl (C=O) groups excluding carboxylic acids is 1. The Morgan fingerprint density at radius 2 is 1.71 bits per heavy atom. The second kappa shape index (κ2) is 5.52. The molecule has 0 aromatic carbocycles. The van der Waals surface area contributed by atoms with Gasteiger partial charge in [0, 0.05) is 6.04 Å². The van der Waals surface area contributed by atoms with Crippen molar-refractivity contribution in [2.24, 2.45) is 5.92 Å². The first-order valence-corrected chi connectivity index (χ1v) is 6.69. The van der Waals surface area contributed by atoms with Crippen LogP contribution in [0, 0.1) is 5.92 Å². The van der Waals surface area contributed by atoms with Crippen LogP contribution in [-0.2, 0) is 9.59 Å². The molecule has 4 nitrogen and oxygen atoms in total. The molecule has 0 aromatic heterocycles. The smallest absolute Gasteiger partial charge is 0.326 e. The molecule has 2 saturated carbocycles. The number of carboxylic acid groups (broad SMARTS) is 1. The summed E-state index contributed by atoms with van der Waals surface area (Å²) >= 11 is 0. The number of hydrogen-bond donors (Lipinski definition) is 1. The molecule has 1 N–H and O–H groups in total. The lowest BCUT2D eigenvalue weighted by Gasteiger charge is -2.31. The predicted octanol–water partition coefficient (Wildman–Crippen LogP) is 2.03. The number of amides is 1. The zero-order valence-corrected chi connectivity index (χ0v) is 10.2. The van der Waals surface area contributed by atoms with Crippen LogP contribution in [0.3, 0.4) is 0 Å². The Hall–Kier alpha value is -1.06. The van der Waals surface area contributed by atoms with Gasteiger partial charge in [0.1, 0.15) is 6.04 Å². The zero-order valence-electron chi connectivity index (χ0n) is 10.2. The highest BCUT2D eigenvalue weighted by atomic mass is 16.4. The van der Waals surface area contributed by atoms with Crippen LogP contribution < -0.4 is 0 Å². The van der Waals surface area contributed by atoms with Crippen LogP contribution in [0.1, 0.15) is 51.4 Å². The van der Waals surface area contributed by atoms with Gasteiger partial charge in [0.25, 0.3) is 0 Å². The van der Waals surface area contributed by atoms with Crippen LogP contribution >= 0.6 is 0 Å². The molecule has 0 aromatic rings. The molecule has 96 valence electrons. The van der Waals surface area contributed by atoms with E-state index in [1.54, 1.807) is 4.90 Å². The summed E-state index contributed by atoms with van der Waals surface area (Å²) in [6.07, 6.45) is 9.20. The first kappa shape index (κ1) is 12.4. The summed E-state index contributed by atoms with van der Waals surface area (Å²) in [4.78, 5) is 24.1. The lowest BCUT2D eigenvalue weighted by atomic mass is 9.91. The minimum atomic E-state index is -0.823. The Morgan fingerprint density at radius 3 is 2.12 bits per heavy atom. The van der Waals surface area contributed by atoms with E-state index in [0.29, 0.717) is 0 Å². The number of carboxylic acids is 1. The Labute approximate surface area is 102 Å². The molecule has 2 aliphatic carbocycles. The lowest BCUT2D eigenvalue weighted by molar-refractivity contribution is -0.149. The van der Waals surface area contributed by atoms with Crippen LogP contribution in [-0.4, -0.2) is 34.5 Å². The molecule has 0 spiro atoms. The topological polar surface area (TPSA) is 57.6 Å². The summed E-state index contributed by atoms with van der Waals surface area (Å²) in [5.74, 6) is -0.670. The maximum atomic E-state index is 11.4. The summed E-state index contributed by atoms with van der Waals surface area (Å²) < 4.78 is 0. The zero-order chi connectivity index (χ0) is 12.3. The third kappa shape index (κ3) is 2.99. The molecule has 4 heteroatoms. The number of hydrogen-bond acceptors (Lipinski definition) is 2. The van der Waals surface area contributed by atoms with Gasteiger partial charge in [-0.05, 0) is 31.6 Å². The third-order valence-electron chi connectivity index (χ3n) is 4.01. The first-order chi connectivity index (χ1) is 8.24. The van der Waals surface area contributed by atoms with Crippen molar-refractivity contribution in [3.05, 3.63) is 0 Å². The molecule has 2 aliphatic rings. The van der Waals surface area contributed by atoms with Crippen LogP contribution in [0.4, 0.5) is 0 Å². The molecular formula is C13H21NO3. The van der Waals surface area contributed by atoms with Gasteiger partial charge < -0.3 is 10.0 Å². The third-order valence-corrected chi connectivity index (χ3v) is 4.01. The summed E-state index contributed by atoms with van der Waals surface area (Å²) in [7, 11) is 0. The number of rotatable bonds is 5. The standard InChI is InChI=1S/C13H21NO3/c15-9-14(11-7-8-11)12(13(16)17)10-5-3-1-2-4-6-10/h9-12H,1-8H2,(H,16,17). The van der Waals surface area contributed by atoms with Crippen molar-refractivity contribution in [1.29, 1.82) is 0 Å². The predicted molar refractivity (Wildman–Crippen MR) is 63.5 cm³/mol. The molecule has 1 atom stereocenters. The first-order valence-electron chi connectivity index (χ1n) is 6.69. The van der Waals surface area contributed by atoms with E-state index < -0.39 is 12.0 Å². The Balaban J connectivity index is 2.08. The monoisotopic (exact) mass is 239 g/mol. The molecule has 1 amide bonds. The van der Waals surface area contributed by atoms with Gasteiger partial charge in [-0.15, -0.1) is 0 Å². The molecule has 17 heavy (non-hydrogen) atoms. The van der Waals surface area contributed by atoms with Crippen molar-refractivity contribution in [2.75, 3.05) is 0 Å². The minimum absolute atomic E-state index is 0.154. The molecule has 0 saturated heterocycles. The van der Waals surface area contributed by atoms with Crippen LogP contribution in [0.2, 0.25) is 0 Å². The molecule has 2 fully saturated rings. The van der Waals surface area contributed by atoms with E-state index in [0.717, 1.165) is 44.9 Å². The summed E-state index contributed by atoms with van der Waals surface area (Å²) in [6.45, 7) is 0. The largest absolute Gasteiger partial charge is 0.480 e. The normalized spacial score (nSPS) is 23.8. The van der Waals surface area contributed by atoms with E-state index in [9.17, 15) is 14.7 Å². The van der Waals surface area contributed by atoms with Crippen LogP contribution in [0.25, 0.3) is 0 Å². The molecule has 0 aliphatic heterocycles. The molecule has 2 rings (SSSR count). The minimum Gasteiger partial charge on any atom is -0.480 e. The highest BCUT2D eigenvalue weighted by Gasteiger charge is 2.40. The second-order valence-electron chi connectivity index (χ2n) is 5.32. The van der Waals surface area contributed by atoms with Crippen LogP contribution in [0.5, 0.6) is 0 Å². The van der Waals surface area contributed by atoms with Gasteiger partial charge in [-0.1, -0.05) is 25.7 Å². The van der Waals surface area contributed by atoms with Gasteiger partial charge in [-0.25, -0.2) is 4.79 Å². The second-order valence-corrected chi connectivity index (χ2v) is 5.32. The molecule has 1 unspecified atom stereocenters. The summed E-state index contributed by atoms with van der Waals surface area (Å²) in [5, 5.41) is 9.39. The Kier molecular flexibility index (Phi) is 4.02. The highest BCUT2D eigenvalue weighted by Crippen LogP contribution is 2.34. The van der Waals surface area contributed by atoms with Crippen molar-refractivity contribution in [2.45, 2.75) is 63.5 Å². The van der Waals surface area contributed by atoms with Crippen molar-refractivity contribution in [1.82, 2.24) is 4.90 Å². The van der Waals surface area contributed by atoms with Gasteiger partial charge >= 0.3 is 5.97 Å². The summed E-state index contributed by atoms with van der Waals surface area (Å²) in [6, 6.07) is -0.394. The summed E-state index contributed by atoms with van der Waals surface area (Å²) in [5.41, 5.74) is 0.